The van der Waals surface area contributed by atoms with Gasteiger partial charge in [0.15, 0.2) is 0 Å². The summed E-state index contributed by atoms with van der Waals surface area (Å²) in [5.74, 6) is 0.746. The third-order valence-electron chi connectivity index (χ3n) is 3.07. The number of benzene rings is 2. The third-order valence-corrected chi connectivity index (χ3v) is 3.99. The van der Waals surface area contributed by atoms with Gasteiger partial charge in [0.25, 0.3) is 0 Å². The molecule has 1 N–H and O–H groups in total. The van der Waals surface area contributed by atoms with Crippen LogP contribution in [-0.2, 0) is 11.4 Å². The molecule has 0 aromatic heterocycles. The Hall–Kier alpha value is -1.94. The summed E-state index contributed by atoms with van der Waals surface area (Å²) in [4.78, 5) is 11.9. The maximum absolute atomic E-state index is 11.9. The highest BCUT2D eigenvalue weighted by Crippen LogP contribution is 2.19. The third kappa shape index (κ3) is 4.83. The van der Waals surface area contributed by atoms with Gasteiger partial charge in [-0.15, -0.1) is 0 Å². The van der Waals surface area contributed by atoms with E-state index in [0.717, 1.165) is 17.0 Å². The van der Waals surface area contributed by atoms with Crippen LogP contribution in [0.5, 0.6) is 5.75 Å². The van der Waals surface area contributed by atoms with Crippen molar-refractivity contribution >= 4 is 23.4 Å². The molecule has 0 saturated heterocycles. The number of ether oxygens (including phenoxy) is 1. The highest BCUT2D eigenvalue weighted by molar-refractivity contribution is 7.99. The number of nitrogens with one attached hydrogen (secondary N) is 1. The Labute approximate surface area is 129 Å². The summed E-state index contributed by atoms with van der Waals surface area (Å²) in [6.07, 6.45) is 1.92. The van der Waals surface area contributed by atoms with Crippen molar-refractivity contribution in [3.63, 3.8) is 0 Å². The van der Waals surface area contributed by atoms with E-state index in [2.05, 4.69) is 5.32 Å². The monoisotopic (exact) mass is 301 g/mol. The first-order valence-electron chi connectivity index (χ1n) is 6.79. The summed E-state index contributed by atoms with van der Waals surface area (Å²) in [5, 5.41) is 2.82. The van der Waals surface area contributed by atoms with Gasteiger partial charge in [-0.2, -0.15) is 11.8 Å². The van der Waals surface area contributed by atoms with Crippen molar-refractivity contribution in [2.45, 2.75) is 18.8 Å². The lowest BCUT2D eigenvalue weighted by Crippen LogP contribution is -2.21. The standard InChI is InChI=1S/C17H19NO2S/c1-13(21-2)17(19)18-15-9-6-10-16(11-15)20-12-14-7-4-3-5-8-14/h3-11,13H,12H2,1-2H3,(H,18,19). The van der Waals surface area contributed by atoms with Crippen molar-refractivity contribution in [3.05, 3.63) is 60.2 Å². The highest BCUT2D eigenvalue weighted by Gasteiger charge is 2.11. The summed E-state index contributed by atoms with van der Waals surface area (Å²) in [6, 6.07) is 17.5. The molecule has 4 heteroatoms. The molecule has 0 fully saturated rings. The van der Waals surface area contributed by atoms with Gasteiger partial charge >= 0.3 is 0 Å². The molecule has 0 saturated carbocycles. The Morgan fingerprint density at radius 2 is 1.95 bits per heavy atom. The Morgan fingerprint density at radius 3 is 2.67 bits per heavy atom. The largest absolute Gasteiger partial charge is 0.489 e. The van der Waals surface area contributed by atoms with Gasteiger partial charge in [0, 0.05) is 11.8 Å². The summed E-state index contributed by atoms with van der Waals surface area (Å²) in [5.41, 5.74) is 1.87. The maximum Gasteiger partial charge on any atom is 0.237 e. The molecule has 2 aromatic rings. The van der Waals surface area contributed by atoms with Crippen LogP contribution in [-0.4, -0.2) is 17.4 Å². The molecule has 0 aliphatic heterocycles. The highest BCUT2D eigenvalue weighted by atomic mass is 32.2. The SMILES string of the molecule is CSC(C)C(=O)Nc1cccc(OCc2ccccc2)c1. The van der Waals surface area contributed by atoms with Crippen LogP contribution in [0.25, 0.3) is 0 Å². The van der Waals surface area contributed by atoms with Crippen molar-refractivity contribution in [1.82, 2.24) is 0 Å². The fraction of sp³-hybridized carbons (Fsp3) is 0.235. The van der Waals surface area contributed by atoms with E-state index in [9.17, 15) is 4.79 Å². The maximum atomic E-state index is 11.9. The van der Waals surface area contributed by atoms with E-state index in [1.54, 1.807) is 0 Å². The number of carbonyl (C=O) groups excluding carboxylic acids is 1. The minimum Gasteiger partial charge on any atom is -0.489 e. The molecule has 0 spiro atoms. The average Bonchev–Trinajstić information content (AvgIpc) is 2.53. The van der Waals surface area contributed by atoms with E-state index in [1.165, 1.54) is 11.8 Å². The minimum atomic E-state index is -0.0705. The van der Waals surface area contributed by atoms with Crippen LogP contribution in [0.4, 0.5) is 5.69 Å². The molecule has 1 unspecified atom stereocenters. The fourth-order valence-corrected chi connectivity index (χ4v) is 2.03. The summed E-state index contributed by atoms with van der Waals surface area (Å²) in [6.45, 7) is 2.40. The Bertz CT molecular complexity index is 586. The molecular weight excluding hydrogens is 282 g/mol. The minimum absolute atomic E-state index is 0.00251. The van der Waals surface area contributed by atoms with Gasteiger partial charge in [0.2, 0.25) is 5.91 Å². The first-order chi connectivity index (χ1) is 10.2. The molecule has 0 aliphatic carbocycles. The van der Waals surface area contributed by atoms with E-state index < -0.39 is 0 Å². The Morgan fingerprint density at radius 1 is 1.19 bits per heavy atom. The zero-order valence-corrected chi connectivity index (χ0v) is 13.0. The number of anilines is 1. The zero-order chi connectivity index (χ0) is 15.1. The van der Waals surface area contributed by atoms with E-state index in [-0.39, 0.29) is 11.2 Å². The van der Waals surface area contributed by atoms with Gasteiger partial charge in [-0.3, -0.25) is 4.79 Å². The van der Waals surface area contributed by atoms with Gasteiger partial charge < -0.3 is 10.1 Å². The summed E-state index contributed by atoms with van der Waals surface area (Å²) >= 11 is 1.52. The van der Waals surface area contributed by atoms with Crippen LogP contribution < -0.4 is 10.1 Å². The van der Waals surface area contributed by atoms with Crippen LogP contribution in [0.2, 0.25) is 0 Å². The number of hydrogen-bond acceptors (Lipinski definition) is 3. The first-order valence-corrected chi connectivity index (χ1v) is 8.08. The normalized spacial score (nSPS) is 11.7. The van der Waals surface area contributed by atoms with Gasteiger partial charge in [0.1, 0.15) is 12.4 Å². The van der Waals surface area contributed by atoms with Crippen LogP contribution in [0, 0.1) is 0 Å². The number of hydrogen-bond donors (Lipinski definition) is 1. The van der Waals surface area contributed by atoms with Crippen LogP contribution in [0.1, 0.15) is 12.5 Å². The van der Waals surface area contributed by atoms with Crippen LogP contribution in [0.3, 0.4) is 0 Å². The lowest BCUT2D eigenvalue weighted by Gasteiger charge is -2.11. The van der Waals surface area contributed by atoms with Crippen molar-refractivity contribution in [2.24, 2.45) is 0 Å². The van der Waals surface area contributed by atoms with E-state index >= 15 is 0 Å². The fourth-order valence-electron chi connectivity index (χ4n) is 1.76. The predicted molar refractivity (Wildman–Crippen MR) is 88.8 cm³/mol. The molecule has 0 bridgehead atoms. The van der Waals surface area contributed by atoms with Crippen LogP contribution in [0.15, 0.2) is 54.6 Å². The second kappa shape index (κ2) is 7.74. The number of carbonyl (C=O) groups is 1. The molecule has 3 nitrogen and oxygen atoms in total. The summed E-state index contributed by atoms with van der Waals surface area (Å²) < 4.78 is 5.74. The van der Waals surface area contributed by atoms with E-state index in [0.29, 0.717) is 6.61 Å². The van der Waals surface area contributed by atoms with Crippen molar-refractivity contribution in [1.29, 1.82) is 0 Å². The molecule has 2 rings (SSSR count). The van der Waals surface area contributed by atoms with Crippen LogP contribution >= 0.6 is 11.8 Å². The van der Waals surface area contributed by atoms with Crippen molar-refractivity contribution in [2.75, 3.05) is 11.6 Å². The van der Waals surface area contributed by atoms with Gasteiger partial charge in [-0.1, -0.05) is 36.4 Å². The lowest BCUT2D eigenvalue weighted by atomic mass is 10.2. The van der Waals surface area contributed by atoms with Crippen molar-refractivity contribution < 1.29 is 9.53 Å². The van der Waals surface area contributed by atoms with Gasteiger partial charge in [0.05, 0.1) is 5.25 Å². The number of amides is 1. The first kappa shape index (κ1) is 15.4. The molecule has 2 aromatic carbocycles. The Balaban J connectivity index is 1.96. The number of rotatable bonds is 6. The van der Waals surface area contributed by atoms with E-state index in [4.69, 9.17) is 4.74 Å². The molecule has 110 valence electrons. The summed E-state index contributed by atoms with van der Waals surface area (Å²) in [7, 11) is 0. The molecule has 21 heavy (non-hydrogen) atoms. The zero-order valence-electron chi connectivity index (χ0n) is 12.2. The average molecular weight is 301 g/mol. The molecule has 0 aliphatic rings. The Kier molecular flexibility index (Phi) is 5.69. The molecular formula is C17H19NO2S. The second-order valence-corrected chi connectivity index (χ2v) is 5.85. The molecule has 1 amide bonds. The molecule has 0 heterocycles. The van der Waals surface area contributed by atoms with Crippen molar-refractivity contribution in [3.8, 4) is 5.75 Å². The van der Waals surface area contributed by atoms with Gasteiger partial charge in [-0.25, -0.2) is 0 Å². The lowest BCUT2D eigenvalue weighted by molar-refractivity contribution is -0.115. The quantitative estimate of drug-likeness (QED) is 0.878. The molecule has 0 radical (unpaired) electrons. The molecule has 1 atom stereocenters. The topological polar surface area (TPSA) is 38.3 Å². The predicted octanol–water partition coefficient (Wildman–Crippen LogP) is 3.96. The number of thioether (sulfide) groups is 1. The second-order valence-electron chi connectivity index (χ2n) is 4.67. The smallest absolute Gasteiger partial charge is 0.237 e. The van der Waals surface area contributed by atoms with Gasteiger partial charge in [-0.05, 0) is 30.9 Å². The van der Waals surface area contributed by atoms with E-state index in [1.807, 2.05) is 67.8 Å².